The van der Waals surface area contributed by atoms with Gasteiger partial charge in [-0.05, 0) is 43.3 Å². The standard InChI is InChI=1S/C18H18ClN3O4S/c1-3-26-13-6-7-15-14(10-13)18(23)22(11-20-15)21-16-9-12(19)5-8-17(16)27(24,25)4-2/h5-11,21H,3-4H2,1-2H3. The van der Waals surface area contributed by atoms with Crippen LogP contribution in [0.3, 0.4) is 0 Å². The van der Waals surface area contributed by atoms with Gasteiger partial charge in [-0.2, -0.15) is 0 Å². The molecule has 9 heteroatoms. The molecule has 0 atom stereocenters. The maximum absolute atomic E-state index is 12.8. The fourth-order valence-electron chi connectivity index (χ4n) is 2.58. The van der Waals surface area contributed by atoms with Gasteiger partial charge in [0.25, 0.3) is 5.56 Å². The number of halogens is 1. The van der Waals surface area contributed by atoms with Gasteiger partial charge in [0.1, 0.15) is 12.1 Å². The van der Waals surface area contributed by atoms with Crippen LogP contribution in [-0.4, -0.2) is 30.4 Å². The third kappa shape index (κ3) is 3.91. The summed E-state index contributed by atoms with van der Waals surface area (Å²) in [5, 5.41) is 0.686. The number of sulfone groups is 1. The third-order valence-electron chi connectivity index (χ3n) is 3.94. The summed E-state index contributed by atoms with van der Waals surface area (Å²) in [7, 11) is -3.51. The number of hydrogen-bond acceptors (Lipinski definition) is 6. The Kier molecular flexibility index (Phi) is 5.38. The lowest BCUT2D eigenvalue weighted by Gasteiger charge is -2.14. The number of nitrogens with zero attached hydrogens (tertiary/aromatic N) is 2. The molecule has 0 bridgehead atoms. The van der Waals surface area contributed by atoms with Crippen LogP contribution in [0.25, 0.3) is 10.9 Å². The molecule has 7 nitrogen and oxygen atoms in total. The van der Waals surface area contributed by atoms with Crippen molar-refractivity contribution in [3.63, 3.8) is 0 Å². The van der Waals surface area contributed by atoms with E-state index in [9.17, 15) is 13.2 Å². The lowest BCUT2D eigenvalue weighted by atomic mass is 10.2. The van der Waals surface area contributed by atoms with E-state index in [-0.39, 0.29) is 21.9 Å². The minimum Gasteiger partial charge on any atom is -0.494 e. The van der Waals surface area contributed by atoms with Crippen LogP contribution in [0.1, 0.15) is 13.8 Å². The molecule has 0 saturated carbocycles. The number of ether oxygens (including phenoxy) is 1. The molecule has 1 N–H and O–H groups in total. The minimum atomic E-state index is -3.51. The van der Waals surface area contributed by atoms with Crippen molar-refractivity contribution in [2.24, 2.45) is 0 Å². The Morgan fingerprint density at radius 1 is 1.19 bits per heavy atom. The van der Waals surface area contributed by atoms with Crippen molar-refractivity contribution < 1.29 is 13.2 Å². The SMILES string of the molecule is CCOc1ccc2ncn(Nc3cc(Cl)ccc3S(=O)(=O)CC)c(=O)c2c1. The zero-order valence-corrected chi connectivity index (χ0v) is 16.3. The van der Waals surface area contributed by atoms with Crippen molar-refractivity contribution in [1.29, 1.82) is 0 Å². The van der Waals surface area contributed by atoms with E-state index in [2.05, 4.69) is 10.4 Å². The zero-order valence-electron chi connectivity index (χ0n) is 14.8. The number of anilines is 1. The molecule has 1 heterocycles. The van der Waals surface area contributed by atoms with Crippen LogP contribution in [0.15, 0.2) is 52.4 Å². The third-order valence-corrected chi connectivity index (χ3v) is 5.96. The molecule has 0 amide bonds. The van der Waals surface area contributed by atoms with Gasteiger partial charge < -0.3 is 4.74 Å². The predicted molar refractivity (Wildman–Crippen MR) is 105 cm³/mol. The van der Waals surface area contributed by atoms with E-state index in [4.69, 9.17) is 16.3 Å². The molecule has 27 heavy (non-hydrogen) atoms. The Hall–Kier alpha value is -2.58. The van der Waals surface area contributed by atoms with Gasteiger partial charge in [0.05, 0.1) is 33.8 Å². The van der Waals surface area contributed by atoms with Crippen molar-refractivity contribution in [2.75, 3.05) is 17.8 Å². The molecule has 0 saturated heterocycles. The second kappa shape index (κ2) is 7.58. The summed E-state index contributed by atoms with van der Waals surface area (Å²) in [4.78, 5) is 17.1. The van der Waals surface area contributed by atoms with Crippen LogP contribution in [-0.2, 0) is 9.84 Å². The Bertz CT molecular complexity index is 1160. The second-order valence-corrected chi connectivity index (χ2v) is 8.37. The Labute approximate surface area is 161 Å². The summed E-state index contributed by atoms with van der Waals surface area (Å²) >= 11 is 6.01. The average molecular weight is 408 g/mol. The number of nitrogens with one attached hydrogen (secondary N) is 1. The summed E-state index contributed by atoms with van der Waals surface area (Å²) < 4.78 is 31.2. The van der Waals surface area contributed by atoms with Crippen LogP contribution < -0.4 is 15.7 Å². The molecule has 0 aliphatic rings. The fraction of sp³-hybridized carbons (Fsp3) is 0.222. The smallest absolute Gasteiger partial charge is 0.280 e. The quantitative estimate of drug-likeness (QED) is 0.675. The van der Waals surface area contributed by atoms with E-state index in [1.165, 1.54) is 24.5 Å². The highest BCUT2D eigenvalue weighted by molar-refractivity contribution is 7.91. The topological polar surface area (TPSA) is 90.3 Å². The van der Waals surface area contributed by atoms with Crippen molar-refractivity contribution in [3.8, 4) is 5.75 Å². The summed E-state index contributed by atoms with van der Waals surface area (Å²) in [6, 6.07) is 9.39. The Balaban J connectivity index is 2.11. The molecule has 2 aromatic carbocycles. The molecule has 0 spiro atoms. The number of benzene rings is 2. The normalized spacial score (nSPS) is 11.5. The molecular weight excluding hydrogens is 390 g/mol. The number of fused-ring (bicyclic) bond motifs is 1. The molecule has 142 valence electrons. The van der Waals surface area contributed by atoms with Crippen LogP contribution in [0.4, 0.5) is 5.69 Å². The first-order chi connectivity index (χ1) is 12.9. The first kappa shape index (κ1) is 19.2. The van der Waals surface area contributed by atoms with Gasteiger partial charge in [0, 0.05) is 5.02 Å². The number of rotatable bonds is 6. The lowest BCUT2D eigenvalue weighted by molar-refractivity contribution is 0.340. The van der Waals surface area contributed by atoms with E-state index in [1.807, 2.05) is 6.92 Å². The van der Waals surface area contributed by atoms with Crippen LogP contribution in [0.5, 0.6) is 5.75 Å². The molecule has 0 fully saturated rings. The van der Waals surface area contributed by atoms with E-state index in [0.717, 1.165) is 4.68 Å². The van der Waals surface area contributed by atoms with Gasteiger partial charge >= 0.3 is 0 Å². The minimum absolute atomic E-state index is 0.0597. The van der Waals surface area contributed by atoms with Gasteiger partial charge in [-0.15, -0.1) is 0 Å². The monoisotopic (exact) mass is 407 g/mol. The van der Waals surface area contributed by atoms with Gasteiger partial charge in [-0.3, -0.25) is 10.2 Å². The van der Waals surface area contributed by atoms with E-state index >= 15 is 0 Å². The second-order valence-electron chi connectivity index (χ2n) is 5.69. The summed E-state index contributed by atoms with van der Waals surface area (Å²) in [6.45, 7) is 3.87. The number of hydrogen-bond donors (Lipinski definition) is 1. The molecule has 0 aliphatic heterocycles. The first-order valence-electron chi connectivity index (χ1n) is 8.29. The van der Waals surface area contributed by atoms with Crippen molar-refractivity contribution in [2.45, 2.75) is 18.7 Å². The summed E-state index contributed by atoms with van der Waals surface area (Å²) in [5.41, 5.74) is 3.13. The van der Waals surface area contributed by atoms with Crippen molar-refractivity contribution in [1.82, 2.24) is 9.66 Å². The first-order valence-corrected chi connectivity index (χ1v) is 10.3. The Morgan fingerprint density at radius 3 is 2.67 bits per heavy atom. The molecular formula is C18H18ClN3O4S. The molecule has 0 radical (unpaired) electrons. The predicted octanol–water partition coefficient (Wildman–Crippen LogP) is 3.12. The van der Waals surface area contributed by atoms with Gasteiger partial charge in [0.15, 0.2) is 9.84 Å². The lowest BCUT2D eigenvalue weighted by Crippen LogP contribution is -2.27. The van der Waals surface area contributed by atoms with Crippen LogP contribution >= 0.6 is 11.6 Å². The molecule has 0 unspecified atom stereocenters. The zero-order chi connectivity index (χ0) is 19.6. The van der Waals surface area contributed by atoms with Gasteiger partial charge in [-0.1, -0.05) is 18.5 Å². The van der Waals surface area contributed by atoms with Gasteiger partial charge in [-0.25, -0.2) is 18.1 Å². The van der Waals surface area contributed by atoms with Crippen LogP contribution in [0.2, 0.25) is 5.02 Å². The molecule has 3 rings (SSSR count). The highest BCUT2D eigenvalue weighted by Crippen LogP contribution is 2.26. The number of aromatic nitrogens is 2. The molecule has 3 aromatic rings. The highest BCUT2D eigenvalue weighted by Gasteiger charge is 2.18. The maximum Gasteiger partial charge on any atom is 0.280 e. The largest absolute Gasteiger partial charge is 0.494 e. The molecule has 0 aliphatic carbocycles. The van der Waals surface area contributed by atoms with Gasteiger partial charge in [0.2, 0.25) is 0 Å². The van der Waals surface area contributed by atoms with Crippen LogP contribution in [0, 0.1) is 0 Å². The summed E-state index contributed by atoms with van der Waals surface area (Å²) in [6.07, 6.45) is 1.30. The fourth-order valence-corrected chi connectivity index (χ4v) is 3.78. The summed E-state index contributed by atoms with van der Waals surface area (Å²) in [5.74, 6) is 0.477. The van der Waals surface area contributed by atoms with E-state index in [0.29, 0.717) is 28.3 Å². The van der Waals surface area contributed by atoms with E-state index in [1.54, 1.807) is 25.1 Å². The highest BCUT2D eigenvalue weighted by atomic mass is 35.5. The average Bonchev–Trinajstić information content (AvgIpc) is 2.64. The Morgan fingerprint density at radius 2 is 1.96 bits per heavy atom. The maximum atomic E-state index is 12.8. The van der Waals surface area contributed by atoms with E-state index < -0.39 is 9.84 Å². The van der Waals surface area contributed by atoms with Crippen molar-refractivity contribution in [3.05, 3.63) is 58.1 Å². The van der Waals surface area contributed by atoms with Crippen molar-refractivity contribution >= 4 is 38.0 Å². The molecule has 1 aromatic heterocycles.